The largest absolute Gasteiger partial charge is 0.481 e. The number of rotatable bonds is 2. The van der Waals surface area contributed by atoms with Gasteiger partial charge in [-0.1, -0.05) is 48.0 Å². The van der Waals surface area contributed by atoms with Crippen molar-refractivity contribution in [2.75, 3.05) is 6.54 Å². The molecule has 0 radical (unpaired) electrons. The van der Waals surface area contributed by atoms with Crippen LogP contribution in [0.2, 0.25) is 0 Å². The lowest BCUT2D eigenvalue weighted by atomic mass is 9.83. The van der Waals surface area contributed by atoms with Crippen molar-refractivity contribution in [2.24, 2.45) is 0 Å². The summed E-state index contributed by atoms with van der Waals surface area (Å²) in [5.74, 6) is -1.12. The Kier molecular flexibility index (Phi) is 6.44. The first-order valence-electron chi connectivity index (χ1n) is 13.5. The van der Waals surface area contributed by atoms with Gasteiger partial charge in [0, 0.05) is 31.1 Å². The molecule has 9 rings (SSSR count). The van der Waals surface area contributed by atoms with Crippen LogP contribution in [-0.4, -0.2) is 43.4 Å². The van der Waals surface area contributed by atoms with Gasteiger partial charge < -0.3 is 10.0 Å². The van der Waals surface area contributed by atoms with Crippen molar-refractivity contribution in [3.05, 3.63) is 93.5 Å². The maximum absolute atomic E-state index is 13.4. The fourth-order valence-electron chi connectivity index (χ4n) is 6.04. The fraction of sp³-hybridized carbons (Fsp3) is 0.355. The predicted octanol–water partition coefficient (Wildman–Crippen LogP) is 5.27. The maximum Gasteiger partial charge on any atom is 0.304 e. The molecule has 9 bridgehead atoms. The van der Waals surface area contributed by atoms with Crippen LogP contribution in [0, 0.1) is 6.92 Å². The summed E-state index contributed by atoms with van der Waals surface area (Å²) in [5.41, 5.74) is 8.98. The number of hydrogen-bond acceptors (Lipinski definition) is 4. The molecule has 1 N–H and O–H groups in total. The normalized spacial score (nSPS) is 17.9. The topological polar surface area (TPSA) is 88.3 Å². The van der Waals surface area contributed by atoms with E-state index in [1.165, 1.54) is 11.1 Å². The van der Waals surface area contributed by atoms with E-state index >= 15 is 0 Å². The molecule has 1 aromatic heterocycles. The molecular formula is C31H32N4O3. The lowest BCUT2D eigenvalue weighted by Gasteiger charge is -2.30. The molecule has 3 aromatic carbocycles. The van der Waals surface area contributed by atoms with Crippen molar-refractivity contribution < 1.29 is 14.7 Å². The van der Waals surface area contributed by atoms with E-state index in [1.54, 1.807) is 0 Å². The first kappa shape index (κ1) is 24.3. The van der Waals surface area contributed by atoms with Crippen molar-refractivity contribution in [2.45, 2.75) is 64.5 Å². The highest BCUT2D eigenvalue weighted by molar-refractivity contribution is 5.94. The number of benzene rings is 3. The van der Waals surface area contributed by atoms with Gasteiger partial charge in [0.05, 0.1) is 11.9 Å². The van der Waals surface area contributed by atoms with Crippen LogP contribution in [0.15, 0.2) is 54.6 Å². The third-order valence-corrected chi connectivity index (χ3v) is 8.20. The smallest absolute Gasteiger partial charge is 0.304 e. The highest BCUT2D eigenvalue weighted by atomic mass is 16.4. The highest BCUT2D eigenvalue weighted by Crippen LogP contribution is 2.35. The average Bonchev–Trinajstić information content (AvgIpc) is 3.34. The Hall–Kier alpha value is -4.00. The molecular weight excluding hydrogens is 476 g/mol. The van der Waals surface area contributed by atoms with E-state index < -0.39 is 5.97 Å². The first-order chi connectivity index (χ1) is 18.5. The summed E-state index contributed by atoms with van der Waals surface area (Å²) in [4.78, 5) is 27.3. The molecule has 0 saturated carbocycles. The zero-order valence-electron chi connectivity index (χ0n) is 21.7. The SMILES string of the molecule is Cc1c2ccc3c1nnn3CCCCCc1ccc(cc1)C(=O)N1CCc3ccc(cc3C1)C2CC(=O)O. The molecule has 1 amide bonds. The Balaban J connectivity index is 1.44. The number of carbonyl (C=O) groups excluding carboxylic acids is 1. The van der Waals surface area contributed by atoms with E-state index in [9.17, 15) is 14.7 Å². The molecule has 4 aromatic rings. The number of carbonyl (C=O) groups is 2. The molecule has 0 spiro atoms. The van der Waals surface area contributed by atoms with Crippen LogP contribution in [0.5, 0.6) is 0 Å². The van der Waals surface area contributed by atoms with Crippen LogP contribution in [-0.2, 0) is 30.7 Å². The number of hydrogen-bond donors (Lipinski definition) is 1. The maximum atomic E-state index is 13.4. The summed E-state index contributed by atoms with van der Waals surface area (Å²) in [5, 5.41) is 18.8. The summed E-state index contributed by atoms with van der Waals surface area (Å²) in [6.45, 7) is 4.01. The lowest BCUT2D eigenvalue weighted by Crippen LogP contribution is -2.36. The molecule has 38 heavy (non-hydrogen) atoms. The summed E-state index contributed by atoms with van der Waals surface area (Å²) >= 11 is 0. The molecule has 194 valence electrons. The average molecular weight is 509 g/mol. The molecule has 0 saturated heterocycles. The standard InChI is InChI=1S/C31H32N4O3/c1-20-26-12-13-28-30(20)32-33-35(28)15-4-2-3-5-21-6-8-23(9-7-21)31(38)34-16-14-22-10-11-24(17-25(22)19-34)27(26)18-29(36)37/h6-13,17,27H,2-5,14-16,18-19H2,1H3,(H,36,37). The van der Waals surface area contributed by atoms with Crippen LogP contribution >= 0.6 is 0 Å². The first-order valence-corrected chi connectivity index (χ1v) is 13.5. The van der Waals surface area contributed by atoms with Gasteiger partial charge in [0.1, 0.15) is 5.52 Å². The number of carboxylic acids is 1. The monoisotopic (exact) mass is 508 g/mol. The van der Waals surface area contributed by atoms with Gasteiger partial charge in [0.25, 0.3) is 5.91 Å². The number of amides is 1. The molecule has 7 nitrogen and oxygen atoms in total. The van der Waals surface area contributed by atoms with Gasteiger partial charge in [0.2, 0.25) is 0 Å². The van der Waals surface area contributed by atoms with Crippen molar-refractivity contribution in [3.8, 4) is 0 Å². The van der Waals surface area contributed by atoms with Crippen LogP contribution < -0.4 is 0 Å². The number of nitrogens with zero attached hydrogens (tertiary/aromatic N) is 4. The zero-order valence-corrected chi connectivity index (χ0v) is 21.7. The van der Waals surface area contributed by atoms with E-state index in [1.807, 2.05) is 40.8 Å². The molecule has 5 aliphatic rings. The highest BCUT2D eigenvalue weighted by Gasteiger charge is 2.26. The zero-order chi connectivity index (χ0) is 26.2. The fourth-order valence-corrected chi connectivity index (χ4v) is 6.04. The van der Waals surface area contributed by atoms with Gasteiger partial charge in [-0.15, -0.1) is 5.10 Å². The minimum absolute atomic E-state index is 0.0196. The van der Waals surface area contributed by atoms with Crippen LogP contribution in [0.3, 0.4) is 0 Å². The Morgan fingerprint density at radius 3 is 2.63 bits per heavy atom. The van der Waals surface area contributed by atoms with Gasteiger partial charge in [-0.05, 0) is 84.2 Å². The number of aryl methyl sites for hydroxylation is 3. The van der Waals surface area contributed by atoms with Gasteiger partial charge in [-0.25, -0.2) is 4.68 Å². The third kappa shape index (κ3) is 4.57. The predicted molar refractivity (Wildman–Crippen MR) is 145 cm³/mol. The Morgan fingerprint density at radius 2 is 1.82 bits per heavy atom. The Labute approximate surface area is 222 Å². The minimum atomic E-state index is -0.846. The summed E-state index contributed by atoms with van der Waals surface area (Å²) < 4.78 is 1.97. The van der Waals surface area contributed by atoms with Gasteiger partial charge >= 0.3 is 5.97 Å². The molecule has 1 atom stereocenters. The molecule has 0 aliphatic carbocycles. The second-order valence-corrected chi connectivity index (χ2v) is 10.6. The summed E-state index contributed by atoms with van der Waals surface area (Å²) in [6, 6.07) is 18.4. The minimum Gasteiger partial charge on any atom is -0.481 e. The van der Waals surface area contributed by atoms with Gasteiger partial charge in [-0.3, -0.25) is 9.59 Å². The number of carboxylic acid groups (broad SMARTS) is 1. The molecule has 6 heterocycles. The van der Waals surface area contributed by atoms with E-state index in [0.29, 0.717) is 18.7 Å². The third-order valence-electron chi connectivity index (χ3n) is 8.20. The van der Waals surface area contributed by atoms with E-state index in [2.05, 4.69) is 40.6 Å². The van der Waals surface area contributed by atoms with E-state index in [0.717, 1.165) is 71.9 Å². The summed E-state index contributed by atoms with van der Waals surface area (Å²) in [6.07, 6.45) is 4.91. The molecule has 1 unspecified atom stereocenters. The van der Waals surface area contributed by atoms with Crippen LogP contribution in [0.1, 0.15) is 75.3 Å². The van der Waals surface area contributed by atoms with Gasteiger partial charge in [0.15, 0.2) is 0 Å². The van der Waals surface area contributed by atoms with E-state index in [4.69, 9.17) is 0 Å². The second kappa shape index (κ2) is 10.0. The van der Waals surface area contributed by atoms with E-state index in [-0.39, 0.29) is 18.2 Å². The molecule has 7 heteroatoms. The molecule has 0 fully saturated rings. The van der Waals surface area contributed by atoms with Crippen molar-refractivity contribution in [1.82, 2.24) is 19.9 Å². The van der Waals surface area contributed by atoms with Crippen LogP contribution in [0.4, 0.5) is 0 Å². The summed E-state index contributed by atoms with van der Waals surface area (Å²) in [7, 11) is 0. The Morgan fingerprint density at radius 1 is 0.974 bits per heavy atom. The van der Waals surface area contributed by atoms with Gasteiger partial charge in [-0.2, -0.15) is 0 Å². The van der Waals surface area contributed by atoms with Crippen molar-refractivity contribution in [1.29, 1.82) is 0 Å². The second-order valence-electron chi connectivity index (χ2n) is 10.6. The lowest BCUT2D eigenvalue weighted by molar-refractivity contribution is -0.137. The van der Waals surface area contributed by atoms with Crippen molar-refractivity contribution >= 4 is 22.9 Å². The number of aliphatic carboxylic acids is 1. The molecule has 5 aliphatic heterocycles. The van der Waals surface area contributed by atoms with Crippen LogP contribution in [0.25, 0.3) is 11.0 Å². The number of aromatic nitrogens is 3. The van der Waals surface area contributed by atoms with Crippen molar-refractivity contribution in [3.63, 3.8) is 0 Å². The quantitative estimate of drug-likeness (QED) is 0.398. The Bertz CT molecular complexity index is 1520.